The van der Waals surface area contributed by atoms with Crippen molar-refractivity contribution in [2.45, 2.75) is 31.7 Å². The molecule has 1 saturated heterocycles. The molecular formula is C22H33N5O. The largest absolute Gasteiger partial charge is 0.378 e. The summed E-state index contributed by atoms with van der Waals surface area (Å²) in [5.41, 5.74) is 1.82. The lowest BCUT2D eigenvalue weighted by molar-refractivity contribution is 0.0703. The quantitative estimate of drug-likeness (QED) is 0.737. The molecule has 0 aliphatic carbocycles. The highest BCUT2D eigenvalue weighted by Gasteiger charge is 2.28. The maximum absolute atomic E-state index is 13.1. The molecule has 1 fully saturated rings. The number of piperidine rings is 1. The van der Waals surface area contributed by atoms with Gasteiger partial charge >= 0.3 is 0 Å². The summed E-state index contributed by atoms with van der Waals surface area (Å²) in [6, 6.07) is 7.89. The topological polar surface area (TPSA) is 44.6 Å². The number of rotatable bonds is 7. The standard InChI is InChI=1S/C22H33N5O/c1-24(2)12-7-14-26-15-11-23-21(26)19-9-6-13-27(17-19)22(28)18-8-5-10-20(16-18)25(3)4/h5,8,10-11,15-16,19H,6-7,9,12-14,17H2,1-4H3/t19-/m0/s1. The van der Waals surface area contributed by atoms with Crippen LogP contribution in [0.25, 0.3) is 0 Å². The molecule has 0 unspecified atom stereocenters. The van der Waals surface area contributed by atoms with Gasteiger partial charge in [0, 0.05) is 63.3 Å². The Morgan fingerprint density at radius 3 is 2.82 bits per heavy atom. The van der Waals surface area contributed by atoms with Crippen molar-refractivity contribution in [3.05, 3.63) is 48.0 Å². The molecule has 0 spiro atoms. The van der Waals surface area contributed by atoms with Gasteiger partial charge in [-0.2, -0.15) is 0 Å². The molecule has 1 aromatic carbocycles. The highest BCUT2D eigenvalue weighted by atomic mass is 16.2. The fourth-order valence-electron chi connectivity index (χ4n) is 3.90. The zero-order valence-corrected chi connectivity index (χ0v) is 17.6. The molecule has 1 atom stereocenters. The van der Waals surface area contributed by atoms with E-state index in [0.29, 0.717) is 5.92 Å². The fourth-order valence-corrected chi connectivity index (χ4v) is 3.90. The van der Waals surface area contributed by atoms with E-state index in [0.717, 1.165) is 62.5 Å². The lowest BCUT2D eigenvalue weighted by Gasteiger charge is -2.33. The molecule has 3 rings (SSSR count). The van der Waals surface area contributed by atoms with Gasteiger partial charge < -0.3 is 19.3 Å². The van der Waals surface area contributed by atoms with E-state index in [1.54, 1.807) is 0 Å². The van der Waals surface area contributed by atoms with Crippen molar-refractivity contribution >= 4 is 11.6 Å². The van der Waals surface area contributed by atoms with Crippen LogP contribution in [0.1, 0.15) is 41.4 Å². The van der Waals surface area contributed by atoms with Gasteiger partial charge in [0.05, 0.1) is 0 Å². The number of likely N-dealkylation sites (tertiary alicyclic amines) is 1. The van der Waals surface area contributed by atoms with Crippen molar-refractivity contribution in [1.82, 2.24) is 19.4 Å². The van der Waals surface area contributed by atoms with Gasteiger partial charge in [-0.25, -0.2) is 4.98 Å². The lowest BCUT2D eigenvalue weighted by atomic mass is 9.96. The summed E-state index contributed by atoms with van der Waals surface area (Å²) in [5.74, 6) is 1.56. The molecule has 0 radical (unpaired) electrons. The Morgan fingerprint density at radius 1 is 1.25 bits per heavy atom. The summed E-state index contributed by atoms with van der Waals surface area (Å²) in [7, 11) is 8.20. The first-order valence-electron chi connectivity index (χ1n) is 10.2. The summed E-state index contributed by atoms with van der Waals surface area (Å²) < 4.78 is 2.27. The lowest BCUT2D eigenvalue weighted by Crippen LogP contribution is -2.39. The van der Waals surface area contributed by atoms with Crippen LogP contribution < -0.4 is 4.90 Å². The number of carbonyl (C=O) groups excluding carboxylic acids is 1. The van der Waals surface area contributed by atoms with Crippen molar-refractivity contribution in [3.63, 3.8) is 0 Å². The average Bonchev–Trinajstić information content (AvgIpc) is 3.16. The van der Waals surface area contributed by atoms with E-state index in [2.05, 4.69) is 34.7 Å². The van der Waals surface area contributed by atoms with Gasteiger partial charge in [0.15, 0.2) is 0 Å². The third-order valence-electron chi connectivity index (χ3n) is 5.44. The average molecular weight is 384 g/mol. The second kappa shape index (κ2) is 9.24. The molecule has 28 heavy (non-hydrogen) atoms. The molecule has 2 heterocycles. The number of imidazole rings is 1. The Labute approximate surface area is 168 Å². The van der Waals surface area contributed by atoms with Gasteiger partial charge in [0.1, 0.15) is 5.82 Å². The number of hydrogen-bond donors (Lipinski definition) is 0. The van der Waals surface area contributed by atoms with E-state index >= 15 is 0 Å². The predicted octanol–water partition coefficient (Wildman–Crippen LogP) is 2.92. The molecular weight excluding hydrogens is 350 g/mol. The van der Waals surface area contributed by atoms with Crippen LogP contribution in [0, 0.1) is 0 Å². The number of aryl methyl sites for hydroxylation is 1. The van der Waals surface area contributed by atoms with Crippen molar-refractivity contribution in [1.29, 1.82) is 0 Å². The fraction of sp³-hybridized carbons (Fsp3) is 0.545. The molecule has 2 aromatic rings. The molecule has 1 amide bonds. The smallest absolute Gasteiger partial charge is 0.253 e. The zero-order chi connectivity index (χ0) is 20.1. The molecule has 6 nitrogen and oxygen atoms in total. The SMILES string of the molecule is CN(C)CCCn1ccnc1[C@H]1CCCN(C(=O)c2cccc(N(C)C)c2)C1. The van der Waals surface area contributed by atoms with Gasteiger partial charge in [-0.05, 0) is 58.1 Å². The second-order valence-corrected chi connectivity index (χ2v) is 8.17. The number of nitrogens with zero attached hydrogens (tertiary/aromatic N) is 5. The monoisotopic (exact) mass is 383 g/mol. The Bertz CT molecular complexity index is 783. The molecule has 0 saturated carbocycles. The molecule has 0 bridgehead atoms. The maximum Gasteiger partial charge on any atom is 0.253 e. The Hall–Kier alpha value is -2.34. The van der Waals surface area contributed by atoms with Crippen molar-refractivity contribution in [3.8, 4) is 0 Å². The third kappa shape index (κ3) is 4.93. The first kappa shape index (κ1) is 20.4. The molecule has 1 aromatic heterocycles. The van der Waals surface area contributed by atoms with E-state index < -0.39 is 0 Å². The number of hydrogen-bond acceptors (Lipinski definition) is 4. The number of carbonyl (C=O) groups is 1. The Kier molecular flexibility index (Phi) is 6.73. The van der Waals surface area contributed by atoms with Gasteiger partial charge in [0.2, 0.25) is 0 Å². The Balaban J connectivity index is 1.68. The summed E-state index contributed by atoms with van der Waals surface area (Å²) in [5, 5.41) is 0. The normalized spacial score (nSPS) is 17.2. The molecule has 152 valence electrons. The highest BCUT2D eigenvalue weighted by molar-refractivity contribution is 5.95. The summed E-state index contributed by atoms with van der Waals surface area (Å²) in [4.78, 5) is 24.0. The van der Waals surface area contributed by atoms with Crippen LogP contribution in [0.3, 0.4) is 0 Å². The van der Waals surface area contributed by atoms with Crippen molar-refractivity contribution in [2.75, 3.05) is 52.7 Å². The van der Waals surface area contributed by atoms with E-state index in [4.69, 9.17) is 0 Å². The minimum Gasteiger partial charge on any atom is -0.378 e. The van der Waals surface area contributed by atoms with E-state index in [9.17, 15) is 4.79 Å². The van der Waals surface area contributed by atoms with Crippen molar-refractivity contribution < 1.29 is 4.79 Å². The minimum absolute atomic E-state index is 0.124. The van der Waals surface area contributed by atoms with E-state index in [-0.39, 0.29) is 5.91 Å². The van der Waals surface area contributed by atoms with Crippen LogP contribution in [0.5, 0.6) is 0 Å². The van der Waals surface area contributed by atoms with Gasteiger partial charge in [-0.3, -0.25) is 4.79 Å². The summed E-state index contributed by atoms with van der Waals surface area (Å²) in [6.45, 7) is 3.61. The summed E-state index contributed by atoms with van der Waals surface area (Å²) in [6.07, 6.45) is 7.18. The number of anilines is 1. The van der Waals surface area contributed by atoms with Crippen LogP contribution in [0.15, 0.2) is 36.7 Å². The maximum atomic E-state index is 13.1. The summed E-state index contributed by atoms with van der Waals surface area (Å²) >= 11 is 0. The minimum atomic E-state index is 0.124. The molecule has 1 aliphatic heterocycles. The molecule has 6 heteroatoms. The number of aromatic nitrogens is 2. The van der Waals surface area contributed by atoms with E-state index in [1.165, 1.54) is 0 Å². The third-order valence-corrected chi connectivity index (χ3v) is 5.44. The molecule has 0 N–H and O–H groups in total. The second-order valence-electron chi connectivity index (χ2n) is 8.17. The number of benzene rings is 1. The molecule has 1 aliphatic rings. The van der Waals surface area contributed by atoms with Crippen LogP contribution in [-0.2, 0) is 6.54 Å². The van der Waals surface area contributed by atoms with E-state index in [1.807, 2.05) is 54.4 Å². The Morgan fingerprint density at radius 2 is 2.07 bits per heavy atom. The van der Waals surface area contributed by atoms with Crippen LogP contribution in [-0.4, -0.2) is 73.1 Å². The first-order chi connectivity index (χ1) is 13.5. The first-order valence-corrected chi connectivity index (χ1v) is 10.2. The van der Waals surface area contributed by atoms with Crippen LogP contribution in [0.4, 0.5) is 5.69 Å². The number of amides is 1. The zero-order valence-electron chi connectivity index (χ0n) is 17.6. The van der Waals surface area contributed by atoms with Gasteiger partial charge in [0.25, 0.3) is 5.91 Å². The van der Waals surface area contributed by atoms with Gasteiger partial charge in [-0.1, -0.05) is 6.07 Å². The highest BCUT2D eigenvalue weighted by Crippen LogP contribution is 2.27. The predicted molar refractivity (Wildman–Crippen MR) is 114 cm³/mol. The van der Waals surface area contributed by atoms with Crippen LogP contribution >= 0.6 is 0 Å². The van der Waals surface area contributed by atoms with Crippen molar-refractivity contribution in [2.24, 2.45) is 0 Å². The van der Waals surface area contributed by atoms with Gasteiger partial charge in [-0.15, -0.1) is 0 Å². The van der Waals surface area contributed by atoms with Crippen LogP contribution in [0.2, 0.25) is 0 Å².